The highest BCUT2D eigenvalue weighted by atomic mass is 32.1. The van der Waals surface area contributed by atoms with Crippen molar-refractivity contribution in [1.29, 1.82) is 0 Å². The average molecular weight is 443 g/mol. The maximum Gasteiger partial charge on any atom is 0.267 e. The molecule has 1 amide bonds. The number of hydrogen-bond donors (Lipinski definition) is 2. The predicted molar refractivity (Wildman–Crippen MR) is 127 cm³/mol. The minimum Gasteiger partial charge on any atom is -0.382 e. The van der Waals surface area contributed by atoms with Crippen LogP contribution in [0.3, 0.4) is 0 Å². The van der Waals surface area contributed by atoms with E-state index in [0.717, 1.165) is 5.56 Å². The van der Waals surface area contributed by atoms with Gasteiger partial charge < -0.3 is 15.7 Å². The minimum atomic E-state index is -1.66. The number of likely N-dealkylation sites (N-methyl/N-ethyl adjacent to an activating group) is 1. The molecule has 0 saturated carbocycles. The van der Waals surface area contributed by atoms with E-state index in [1.165, 1.54) is 4.90 Å². The van der Waals surface area contributed by atoms with Gasteiger partial charge in [-0.25, -0.2) is 15.0 Å². The molecule has 0 radical (unpaired) electrons. The average Bonchev–Trinajstić information content (AvgIpc) is 2.89. The van der Waals surface area contributed by atoms with Gasteiger partial charge in [-0.15, -0.1) is 0 Å². The first-order valence-electron chi connectivity index (χ1n) is 9.31. The van der Waals surface area contributed by atoms with Crippen LogP contribution in [-0.4, -0.2) is 49.6 Å². The number of fused-ring (bicyclic) bond motifs is 1. The van der Waals surface area contributed by atoms with E-state index in [-0.39, 0.29) is 57.5 Å². The van der Waals surface area contributed by atoms with Crippen molar-refractivity contribution in [2.75, 3.05) is 12.8 Å². The molecule has 0 bridgehead atoms. The summed E-state index contributed by atoms with van der Waals surface area (Å²) in [6.45, 7) is 1.88. The highest BCUT2D eigenvalue weighted by molar-refractivity contribution is 7.59. The van der Waals surface area contributed by atoms with Gasteiger partial charge in [-0.2, -0.15) is 27.0 Å². The van der Waals surface area contributed by atoms with Crippen LogP contribution in [0.2, 0.25) is 0 Å². The number of aromatic nitrogens is 3. The molecule has 30 heavy (non-hydrogen) atoms. The summed E-state index contributed by atoms with van der Waals surface area (Å²) in [4.78, 5) is 26.1. The summed E-state index contributed by atoms with van der Waals surface area (Å²) < 4.78 is 7.54. The molecule has 4 rings (SSSR count). The van der Waals surface area contributed by atoms with Gasteiger partial charge >= 0.3 is 0 Å². The third-order valence-corrected chi connectivity index (χ3v) is 4.96. The van der Waals surface area contributed by atoms with E-state index < -0.39 is 5.60 Å². The molecule has 156 valence electrons. The number of carbonyl (C=O) groups is 1. The Kier molecular flexibility index (Phi) is 6.51. The fourth-order valence-electron chi connectivity index (χ4n) is 3.26. The Balaban J connectivity index is 0.00000171. The summed E-state index contributed by atoms with van der Waals surface area (Å²) in [6.07, 6.45) is 0.125. The first-order valence-corrected chi connectivity index (χ1v) is 8.81. The number of benzene rings is 1. The predicted octanol–water partition coefficient (Wildman–Crippen LogP) is 1.83. The standard InChI is InChI=1S/C21H19N5O2.2H2S/c1-13-11-21(28,20(27)26(13)2)9-8-14-4-3-5-15(10-14)16-6-7-17-18(25-16)19(22)24-12-23-17;;/h3-7,10,12-13,28H,11H2,1-2H3,(H2,22,23,24);2*1H2/t13-,21+;;/m0../s1/i12D;;. The van der Waals surface area contributed by atoms with Crippen LogP contribution >= 0.6 is 27.0 Å². The number of amides is 1. The van der Waals surface area contributed by atoms with Gasteiger partial charge in [-0.1, -0.05) is 24.0 Å². The Hall–Kier alpha value is -2.80. The topological polar surface area (TPSA) is 105 Å². The van der Waals surface area contributed by atoms with Crippen molar-refractivity contribution in [3.05, 3.63) is 48.3 Å². The minimum absolute atomic E-state index is 0. The van der Waals surface area contributed by atoms with Crippen LogP contribution in [0.15, 0.2) is 42.7 Å². The lowest BCUT2D eigenvalue weighted by atomic mass is 10.00. The van der Waals surface area contributed by atoms with Gasteiger partial charge in [0.15, 0.2) is 5.82 Å². The lowest BCUT2D eigenvalue weighted by Crippen LogP contribution is -2.37. The van der Waals surface area contributed by atoms with E-state index in [9.17, 15) is 9.90 Å². The number of hydrogen-bond acceptors (Lipinski definition) is 6. The van der Waals surface area contributed by atoms with Gasteiger partial charge in [-0.3, -0.25) is 4.79 Å². The van der Waals surface area contributed by atoms with E-state index in [1.54, 1.807) is 25.2 Å². The van der Waals surface area contributed by atoms with Crippen LogP contribution in [0.5, 0.6) is 0 Å². The van der Waals surface area contributed by atoms with E-state index in [2.05, 4.69) is 26.8 Å². The summed E-state index contributed by atoms with van der Waals surface area (Å²) in [7, 11) is 1.66. The SMILES string of the molecule is S.S.[2H]c1nc(N)c2nc(-c3cccc(C#C[C@@]4(O)C[C@H](C)N(C)C4=O)c3)ccc2n1. The molecule has 1 aliphatic heterocycles. The summed E-state index contributed by atoms with van der Waals surface area (Å²) in [5.74, 6) is 5.43. The van der Waals surface area contributed by atoms with Crippen molar-refractivity contribution >= 4 is 49.7 Å². The Morgan fingerprint density at radius 1 is 1.30 bits per heavy atom. The maximum absolute atomic E-state index is 12.3. The maximum atomic E-state index is 12.3. The Morgan fingerprint density at radius 2 is 2.07 bits per heavy atom. The first-order chi connectivity index (χ1) is 13.8. The quantitative estimate of drug-likeness (QED) is 0.557. The number of likely N-dealkylation sites (tertiary alicyclic amines) is 1. The van der Waals surface area contributed by atoms with Gasteiger partial charge in [0.2, 0.25) is 5.60 Å². The number of aliphatic hydroxyl groups is 1. The third-order valence-electron chi connectivity index (χ3n) is 4.96. The van der Waals surface area contributed by atoms with Gasteiger partial charge in [0.05, 0.1) is 11.2 Å². The fourth-order valence-corrected chi connectivity index (χ4v) is 3.26. The van der Waals surface area contributed by atoms with E-state index in [4.69, 9.17) is 7.10 Å². The summed E-state index contributed by atoms with van der Waals surface area (Å²) in [5, 5.41) is 10.6. The summed E-state index contributed by atoms with van der Waals surface area (Å²) in [6, 6.07) is 10.8. The number of nitrogens with zero attached hydrogens (tertiary/aromatic N) is 4. The van der Waals surface area contributed by atoms with Gasteiger partial charge in [0, 0.05) is 30.6 Å². The molecule has 3 heterocycles. The van der Waals surface area contributed by atoms with Crippen LogP contribution in [0, 0.1) is 11.8 Å². The van der Waals surface area contributed by atoms with Crippen LogP contribution in [0.25, 0.3) is 22.3 Å². The molecule has 1 fully saturated rings. The zero-order valence-electron chi connectivity index (χ0n) is 17.5. The molecule has 2 aromatic heterocycles. The van der Waals surface area contributed by atoms with E-state index >= 15 is 0 Å². The molecule has 1 aromatic carbocycles. The molecule has 0 aliphatic carbocycles. The molecule has 3 aromatic rings. The second-order valence-electron chi connectivity index (χ2n) is 6.93. The van der Waals surface area contributed by atoms with Crippen LogP contribution < -0.4 is 5.73 Å². The number of anilines is 1. The molecule has 9 heteroatoms. The Morgan fingerprint density at radius 3 is 2.77 bits per heavy atom. The van der Waals surface area contributed by atoms with Crippen LogP contribution in [0.4, 0.5) is 5.82 Å². The van der Waals surface area contributed by atoms with Crippen LogP contribution in [0.1, 0.15) is 20.3 Å². The highest BCUT2D eigenvalue weighted by Crippen LogP contribution is 2.27. The van der Waals surface area contributed by atoms with Gasteiger partial charge in [0.25, 0.3) is 5.91 Å². The van der Waals surface area contributed by atoms with Gasteiger partial charge in [0.1, 0.15) is 13.2 Å². The second-order valence-corrected chi connectivity index (χ2v) is 6.93. The van der Waals surface area contributed by atoms with Crippen LogP contribution in [-0.2, 0) is 4.79 Å². The molecule has 3 N–H and O–H groups in total. The van der Waals surface area contributed by atoms with Crippen molar-refractivity contribution in [2.45, 2.75) is 25.0 Å². The van der Waals surface area contributed by atoms with Gasteiger partial charge in [-0.05, 0) is 31.2 Å². The summed E-state index contributed by atoms with van der Waals surface area (Å²) >= 11 is 0. The molecule has 0 unspecified atom stereocenters. The van der Waals surface area contributed by atoms with E-state index in [0.29, 0.717) is 22.3 Å². The number of rotatable bonds is 1. The van der Waals surface area contributed by atoms with Crippen molar-refractivity contribution in [3.8, 4) is 23.1 Å². The molecule has 1 saturated heterocycles. The molecular formula is C21H23N5O2S2. The van der Waals surface area contributed by atoms with Crippen molar-refractivity contribution in [1.82, 2.24) is 19.9 Å². The zero-order chi connectivity index (χ0) is 20.8. The second kappa shape index (κ2) is 8.92. The zero-order valence-corrected chi connectivity index (χ0v) is 18.5. The highest BCUT2D eigenvalue weighted by Gasteiger charge is 2.46. The third kappa shape index (κ3) is 4.21. The van der Waals surface area contributed by atoms with E-state index in [1.807, 2.05) is 25.1 Å². The number of nitrogens with two attached hydrogens (primary N) is 1. The number of nitrogen functional groups attached to an aromatic ring is 1. The molecule has 7 nitrogen and oxygen atoms in total. The monoisotopic (exact) mass is 442 g/mol. The largest absolute Gasteiger partial charge is 0.382 e. The first kappa shape index (κ1) is 21.9. The fraction of sp³-hybridized carbons (Fsp3) is 0.238. The Labute approximate surface area is 190 Å². The lowest BCUT2D eigenvalue weighted by molar-refractivity contribution is -0.138. The van der Waals surface area contributed by atoms with Crippen molar-refractivity contribution < 1.29 is 11.3 Å². The smallest absolute Gasteiger partial charge is 0.267 e. The molecule has 2 atom stereocenters. The van der Waals surface area contributed by atoms with Crippen molar-refractivity contribution in [3.63, 3.8) is 0 Å². The number of pyridine rings is 1. The molecule has 0 spiro atoms. The summed E-state index contributed by atoms with van der Waals surface area (Å²) in [5.41, 5.74) is 7.25. The number of carbonyl (C=O) groups excluding carboxylic acids is 1. The lowest BCUT2D eigenvalue weighted by Gasteiger charge is -2.14. The Bertz CT molecular complexity index is 1210. The normalized spacial score (nSPS) is 20.6. The molecule has 1 aliphatic rings. The molecular weight excluding hydrogens is 418 g/mol. The van der Waals surface area contributed by atoms with Crippen molar-refractivity contribution in [2.24, 2.45) is 0 Å².